The topological polar surface area (TPSA) is 111 Å². The third kappa shape index (κ3) is 4.40. The van der Waals surface area contributed by atoms with E-state index in [2.05, 4.69) is 14.6 Å². The summed E-state index contributed by atoms with van der Waals surface area (Å²) >= 11 is 0. The summed E-state index contributed by atoms with van der Waals surface area (Å²) in [6.07, 6.45) is -5.49. The van der Waals surface area contributed by atoms with Crippen LogP contribution in [-0.4, -0.2) is 28.5 Å². The fourth-order valence-corrected chi connectivity index (χ4v) is 4.11. The van der Waals surface area contributed by atoms with Crippen molar-refractivity contribution in [3.05, 3.63) is 70.2 Å². The van der Waals surface area contributed by atoms with Gasteiger partial charge in [-0.2, -0.15) is 10.4 Å². The summed E-state index contributed by atoms with van der Waals surface area (Å²) in [5.74, 6) is -1.08. The van der Waals surface area contributed by atoms with Gasteiger partial charge in [-0.25, -0.2) is 13.5 Å². The first-order valence-corrected chi connectivity index (χ1v) is 11.1. The third-order valence-electron chi connectivity index (χ3n) is 5.77. The van der Waals surface area contributed by atoms with Crippen molar-refractivity contribution in [3.8, 4) is 28.8 Å². The monoisotopic (exact) mass is 528 g/mol. The first-order valence-electron chi connectivity index (χ1n) is 11.1. The van der Waals surface area contributed by atoms with E-state index in [0.29, 0.717) is 0 Å². The van der Waals surface area contributed by atoms with Crippen molar-refractivity contribution in [2.75, 3.05) is 11.4 Å². The van der Waals surface area contributed by atoms with Crippen molar-refractivity contribution >= 4 is 22.6 Å². The van der Waals surface area contributed by atoms with E-state index < -0.39 is 36.3 Å². The molecule has 0 saturated carbocycles. The minimum absolute atomic E-state index is 0.00180. The van der Waals surface area contributed by atoms with Gasteiger partial charge < -0.3 is 18.8 Å². The number of benzene rings is 2. The SMILES string of the molecule is CCN(C(=O)Cn1nc(-c2cc(C#N)cc(C(F)F)c2)c2occc2c1=O)c1ccc2c(c1)OC(F)(F)O2. The predicted molar refractivity (Wildman–Crippen MR) is 124 cm³/mol. The molecule has 0 unspecified atom stereocenters. The number of carbonyl (C=O) groups is 1. The molecule has 0 radical (unpaired) electrons. The number of ether oxygens (including phenoxy) is 2. The molecule has 194 valence electrons. The predicted octanol–water partition coefficient (Wildman–Crippen LogP) is 4.84. The van der Waals surface area contributed by atoms with E-state index in [-0.39, 0.29) is 51.5 Å². The van der Waals surface area contributed by atoms with Crippen LogP contribution in [0.4, 0.5) is 23.2 Å². The van der Waals surface area contributed by atoms with Gasteiger partial charge in [-0.05, 0) is 43.3 Å². The largest absolute Gasteiger partial charge is 0.586 e. The Bertz CT molecular complexity index is 1670. The molecule has 0 atom stereocenters. The highest BCUT2D eigenvalue weighted by Crippen LogP contribution is 2.43. The first kappa shape index (κ1) is 24.8. The number of hydrogen-bond acceptors (Lipinski definition) is 7. The number of halogens is 4. The van der Waals surface area contributed by atoms with Crippen LogP contribution >= 0.6 is 0 Å². The molecule has 13 heteroatoms. The Morgan fingerprint density at radius 2 is 1.92 bits per heavy atom. The van der Waals surface area contributed by atoms with Crippen LogP contribution in [-0.2, 0) is 11.3 Å². The Morgan fingerprint density at radius 1 is 1.16 bits per heavy atom. The fourth-order valence-electron chi connectivity index (χ4n) is 4.11. The van der Waals surface area contributed by atoms with Gasteiger partial charge in [0.2, 0.25) is 5.91 Å². The summed E-state index contributed by atoms with van der Waals surface area (Å²) in [4.78, 5) is 27.5. The first-order chi connectivity index (χ1) is 18.1. The van der Waals surface area contributed by atoms with Gasteiger partial charge in [-0.1, -0.05) is 0 Å². The highest BCUT2D eigenvalue weighted by atomic mass is 19.3. The molecular formula is C25H16F4N4O5. The van der Waals surface area contributed by atoms with Gasteiger partial charge >= 0.3 is 6.29 Å². The lowest BCUT2D eigenvalue weighted by Crippen LogP contribution is -2.37. The van der Waals surface area contributed by atoms with Crippen molar-refractivity contribution in [3.63, 3.8) is 0 Å². The van der Waals surface area contributed by atoms with E-state index in [1.807, 2.05) is 6.07 Å². The van der Waals surface area contributed by atoms with Gasteiger partial charge in [0.15, 0.2) is 17.1 Å². The van der Waals surface area contributed by atoms with Gasteiger partial charge in [-0.15, -0.1) is 8.78 Å². The number of fused-ring (bicyclic) bond motifs is 2. The highest BCUT2D eigenvalue weighted by Gasteiger charge is 2.43. The molecule has 38 heavy (non-hydrogen) atoms. The molecular weight excluding hydrogens is 512 g/mol. The van der Waals surface area contributed by atoms with Gasteiger partial charge in [0, 0.05) is 29.4 Å². The Labute approximate surface area is 211 Å². The Hall–Kier alpha value is -4.86. The van der Waals surface area contributed by atoms with Crippen molar-refractivity contribution in [1.29, 1.82) is 5.26 Å². The van der Waals surface area contributed by atoms with Crippen LogP contribution in [0.5, 0.6) is 11.5 Å². The number of amides is 1. The molecule has 1 amide bonds. The number of anilines is 1. The van der Waals surface area contributed by atoms with Crippen molar-refractivity contribution in [1.82, 2.24) is 9.78 Å². The molecule has 5 rings (SSSR count). The highest BCUT2D eigenvalue weighted by molar-refractivity contribution is 5.94. The van der Waals surface area contributed by atoms with E-state index in [1.54, 1.807) is 6.92 Å². The average molecular weight is 528 g/mol. The second-order valence-electron chi connectivity index (χ2n) is 8.17. The molecule has 4 aromatic rings. The third-order valence-corrected chi connectivity index (χ3v) is 5.77. The summed E-state index contributed by atoms with van der Waals surface area (Å²) in [6, 6.07) is 10.4. The zero-order valence-corrected chi connectivity index (χ0v) is 19.5. The molecule has 0 aliphatic carbocycles. The minimum atomic E-state index is -3.83. The van der Waals surface area contributed by atoms with Crippen molar-refractivity contribution in [2.24, 2.45) is 0 Å². The van der Waals surface area contributed by atoms with Crippen LogP contribution < -0.4 is 19.9 Å². The molecule has 0 fully saturated rings. The van der Waals surface area contributed by atoms with Crippen molar-refractivity contribution < 1.29 is 36.2 Å². The number of likely N-dealkylation sites (N-methyl/N-ethyl adjacent to an activating group) is 1. The van der Waals surface area contributed by atoms with Crippen LogP contribution in [0.25, 0.3) is 22.2 Å². The molecule has 2 aromatic heterocycles. The standard InChI is InChI=1S/C25H16F4N4O5/c1-2-32(16-3-4-18-19(10-16)38-25(28,29)37-18)20(34)12-33-24(35)17-5-6-36-22(17)21(31-33)14-7-13(11-30)8-15(9-14)23(26)27/h3-10,23H,2,12H2,1H3. The van der Waals surface area contributed by atoms with E-state index >= 15 is 0 Å². The van der Waals surface area contributed by atoms with E-state index in [4.69, 9.17) is 4.42 Å². The maximum Gasteiger partial charge on any atom is 0.586 e. The lowest BCUT2D eigenvalue weighted by Gasteiger charge is -2.21. The normalized spacial score (nSPS) is 13.6. The lowest BCUT2D eigenvalue weighted by molar-refractivity contribution is -0.286. The summed E-state index contributed by atoms with van der Waals surface area (Å²) in [7, 11) is 0. The fraction of sp³-hybridized carbons (Fsp3) is 0.200. The van der Waals surface area contributed by atoms with Crippen LogP contribution in [0.2, 0.25) is 0 Å². The number of carbonyl (C=O) groups excluding carboxylic acids is 1. The summed E-state index contributed by atoms with van der Waals surface area (Å²) in [5.41, 5.74) is -0.901. The molecule has 2 aromatic carbocycles. The number of alkyl halides is 4. The molecule has 3 heterocycles. The Balaban J connectivity index is 1.53. The lowest BCUT2D eigenvalue weighted by atomic mass is 10.0. The Kier molecular flexibility index (Phi) is 6.02. The van der Waals surface area contributed by atoms with Crippen LogP contribution in [0.1, 0.15) is 24.5 Å². The maximum absolute atomic E-state index is 13.4. The van der Waals surface area contributed by atoms with Crippen LogP contribution in [0.15, 0.2) is 57.9 Å². The van der Waals surface area contributed by atoms with E-state index in [1.165, 1.54) is 41.5 Å². The molecule has 0 N–H and O–H groups in total. The second kappa shape index (κ2) is 9.22. The van der Waals surface area contributed by atoms with Gasteiger partial charge in [0.05, 0.1) is 23.3 Å². The number of rotatable bonds is 6. The van der Waals surface area contributed by atoms with Crippen LogP contribution in [0.3, 0.4) is 0 Å². The molecule has 9 nitrogen and oxygen atoms in total. The molecule has 0 spiro atoms. The molecule has 0 bridgehead atoms. The number of aromatic nitrogens is 2. The summed E-state index contributed by atoms with van der Waals surface area (Å²) in [5, 5.41) is 13.5. The zero-order valence-electron chi connectivity index (χ0n) is 19.5. The van der Waals surface area contributed by atoms with Gasteiger partial charge in [0.25, 0.3) is 12.0 Å². The summed E-state index contributed by atoms with van der Waals surface area (Å²) < 4.78 is 68.7. The van der Waals surface area contributed by atoms with Gasteiger partial charge in [-0.3, -0.25) is 9.59 Å². The number of hydrogen-bond donors (Lipinski definition) is 0. The smallest absolute Gasteiger partial charge is 0.462 e. The number of nitriles is 1. The molecule has 1 aliphatic heterocycles. The van der Waals surface area contributed by atoms with E-state index in [0.717, 1.165) is 16.8 Å². The van der Waals surface area contributed by atoms with Gasteiger partial charge in [0.1, 0.15) is 12.2 Å². The van der Waals surface area contributed by atoms with Crippen molar-refractivity contribution in [2.45, 2.75) is 26.2 Å². The Morgan fingerprint density at radius 3 is 2.63 bits per heavy atom. The minimum Gasteiger partial charge on any atom is -0.462 e. The molecule has 0 saturated heterocycles. The second-order valence-corrected chi connectivity index (χ2v) is 8.17. The summed E-state index contributed by atoms with van der Waals surface area (Å²) in [6.45, 7) is 1.16. The quantitative estimate of drug-likeness (QED) is 0.329. The van der Waals surface area contributed by atoms with Crippen LogP contribution in [0, 0.1) is 11.3 Å². The zero-order chi connectivity index (χ0) is 27.2. The number of furan rings is 1. The average Bonchev–Trinajstić information content (AvgIpc) is 3.49. The number of nitrogens with zero attached hydrogens (tertiary/aromatic N) is 4. The maximum atomic E-state index is 13.4. The molecule has 1 aliphatic rings. The van der Waals surface area contributed by atoms with E-state index in [9.17, 15) is 32.4 Å².